The van der Waals surface area contributed by atoms with Crippen LogP contribution in [0.3, 0.4) is 0 Å². The molecule has 1 aliphatic carbocycles. The van der Waals surface area contributed by atoms with Gasteiger partial charge in [-0.25, -0.2) is 4.79 Å². The second-order valence-corrected chi connectivity index (χ2v) is 6.60. The van der Waals surface area contributed by atoms with Crippen molar-refractivity contribution in [1.29, 1.82) is 0 Å². The Kier molecular flexibility index (Phi) is 3.44. The molecule has 1 saturated carbocycles. The number of amides is 3. The Morgan fingerprint density at radius 3 is 3.00 bits per heavy atom. The van der Waals surface area contributed by atoms with Crippen molar-refractivity contribution in [3.05, 3.63) is 30.2 Å². The maximum atomic E-state index is 12.9. The molecule has 126 valence electrons. The molecule has 2 atom stereocenters. The molecule has 1 aliphatic heterocycles. The van der Waals surface area contributed by atoms with Gasteiger partial charge in [0.1, 0.15) is 11.2 Å². The van der Waals surface area contributed by atoms with Gasteiger partial charge in [-0.3, -0.25) is 9.69 Å². The van der Waals surface area contributed by atoms with Gasteiger partial charge < -0.3 is 14.3 Å². The number of furan rings is 1. The SMILES string of the molecule is C[C@H]1CCCC[C@]12NC(=O)N(Cc1cc(-c3ccco3)on1)C2=O. The maximum Gasteiger partial charge on any atom is 0.325 e. The molecule has 0 unspecified atom stereocenters. The Morgan fingerprint density at radius 2 is 2.25 bits per heavy atom. The lowest BCUT2D eigenvalue weighted by molar-refractivity contribution is -0.134. The van der Waals surface area contributed by atoms with Crippen LogP contribution >= 0.6 is 0 Å². The molecule has 1 N–H and O–H groups in total. The summed E-state index contributed by atoms with van der Waals surface area (Å²) in [4.78, 5) is 26.5. The molecule has 0 bridgehead atoms. The third-order valence-electron chi connectivity index (χ3n) is 5.14. The molecule has 1 saturated heterocycles. The van der Waals surface area contributed by atoms with E-state index >= 15 is 0 Å². The number of aromatic nitrogens is 1. The molecule has 3 amide bonds. The second kappa shape index (κ2) is 5.51. The van der Waals surface area contributed by atoms with Crippen molar-refractivity contribution in [2.24, 2.45) is 5.92 Å². The fourth-order valence-corrected chi connectivity index (χ4v) is 3.72. The number of carbonyl (C=O) groups excluding carboxylic acids is 2. The molecule has 1 spiro atoms. The van der Waals surface area contributed by atoms with E-state index in [1.165, 1.54) is 4.90 Å². The van der Waals surface area contributed by atoms with E-state index in [-0.39, 0.29) is 24.4 Å². The van der Waals surface area contributed by atoms with Crippen LogP contribution in [-0.4, -0.2) is 27.5 Å². The van der Waals surface area contributed by atoms with Gasteiger partial charge in [-0.15, -0.1) is 0 Å². The van der Waals surface area contributed by atoms with Gasteiger partial charge in [-0.1, -0.05) is 24.9 Å². The number of nitrogens with one attached hydrogen (secondary N) is 1. The first kappa shape index (κ1) is 15.0. The molecule has 2 fully saturated rings. The largest absolute Gasteiger partial charge is 0.461 e. The first-order valence-corrected chi connectivity index (χ1v) is 8.24. The molecule has 2 aromatic rings. The number of hydrogen-bond donors (Lipinski definition) is 1. The highest BCUT2D eigenvalue weighted by molar-refractivity contribution is 6.07. The summed E-state index contributed by atoms with van der Waals surface area (Å²) in [5.41, 5.74) is -0.228. The standard InChI is InChI=1S/C17H19N3O4/c1-11-5-2-3-7-17(11)15(21)20(16(22)18-17)10-12-9-14(24-19-12)13-6-4-8-23-13/h4,6,8-9,11H,2-3,5,7,10H2,1H3,(H,18,22)/t11-,17-/m0/s1. The summed E-state index contributed by atoms with van der Waals surface area (Å²) in [6.07, 6.45) is 5.25. The van der Waals surface area contributed by atoms with E-state index in [4.69, 9.17) is 8.94 Å². The number of urea groups is 1. The molecule has 7 heteroatoms. The molecule has 7 nitrogen and oxygen atoms in total. The van der Waals surface area contributed by atoms with Gasteiger partial charge >= 0.3 is 6.03 Å². The normalized spacial score (nSPS) is 27.0. The van der Waals surface area contributed by atoms with Crippen molar-refractivity contribution < 1.29 is 18.5 Å². The van der Waals surface area contributed by atoms with Gasteiger partial charge in [0.15, 0.2) is 5.76 Å². The van der Waals surface area contributed by atoms with Crippen LogP contribution in [0.1, 0.15) is 38.3 Å². The number of hydrogen-bond acceptors (Lipinski definition) is 5. The predicted molar refractivity (Wildman–Crippen MR) is 83.6 cm³/mol. The van der Waals surface area contributed by atoms with Gasteiger partial charge in [0.2, 0.25) is 5.76 Å². The van der Waals surface area contributed by atoms with Crippen molar-refractivity contribution >= 4 is 11.9 Å². The van der Waals surface area contributed by atoms with Crippen molar-refractivity contribution in [2.75, 3.05) is 0 Å². The summed E-state index contributed by atoms with van der Waals surface area (Å²) < 4.78 is 10.5. The lowest BCUT2D eigenvalue weighted by Crippen LogP contribution is -2.53. The van der Waals surface area contributed by atoms with Crippen molar-refractivity contribution in [3.8, 4) is 11.5 Å². The first-order chi connectivity index (χ1) is 11.6. The first-order valence-electron chi connectivity index (χ1n) is 8.24. The van der Waals surface area contributed by atoms with Gasteiger partial charge in [0.05, 0.1) is 12.8 Å². The minimum Gasteiger partial charge on any atom is -0.461 e. The minimum absolute atomic E-state index is 0.101. The number of rotatable bonds is 3. The van der Waals surface area contributed by atoms with Gasteiger partial charge in [-0.2, -0.15) is 0 Å². The lowest BCUT2D eigenvalue weighted by Gasteiger charge is -2.36. The van der Waals surface area contributed by atoms with Crippen molar-refractivity contribution in [3.63, 3.8) is 0 Å². The van der Waals surface area contributed by atoms with E-state index in [2.05, 4.69) is 10.5 Å². The third kappa shape index (κ3) is 2.23. The van der Waals surface area contributed by atoms with Crippen LogP contribution in [0.15, 0.2) is 33.4 Å². The van der Waals surface area contributed by atoms with Crippen LogP contribution in [0.5, 0.6) is 0 Å². The lowest BCUT2D eigenvalue weighted by atomic mass is 9.73. The summed E-state index contributed by atoms with van der Waals surface area (Å²) in [6.45, 7) is 2.13. The Bertz CT molecular complexity index is 767. The second-order valence-electron chi connectivity index (χ2n) is 6.60. The summed E-state index contributed by atoms with van der Waals surface area (Å²) >= 11 is 0. The average molecular weight is 329 g/mol. The van der Waals surface area contributed by atoms with E-state index in [0.29, 0.717) is 23.6 Å². The monoisotopic (exact) mass is 329 g/mol. The highest BCUT2D eigenvalue weighted by atomic mass is 16.5. The molecule has 2 aromatic heterocycles. The Balaban J connectivity index is 1.55. The van der Waals surface area contributed by atoms with Crippen molar-refractivity contribution in [1.82, 2.24) is 15.4 Å². The van der Waals surface area contributed by atoms with E-state index in [1.54, 1.807) is 24.5 Å². The smallest absolute Gasteiger partial charge is 0.325 e. The third-order valence-corrected chi connectivity index (χ3v) is 5.14. The van der Waals surface area contributed by atoms with Gasteiger partial charge in [0.25, 0.3) is 5.91 Å². The van der Waals surface area contributed by atoms with Crippen LogP contribution in [-0.2, 0) is 11.3 Å². The van der Waals surface area contributed by atoms with Crippen molar-refractivity contribution in [2.45, 2.75) is 44.7 Å². The summed E-state index contributed by atoms with van der Waals surface area (Å²) in [6, 6.07) is 4.85. The maximum absolute atomic E-state index is 12.9. The number of imide groups is 1. The molecule has 3 heterocycles. The van der Waals surface area contributed by atoms with Crippen LogP contribution in [0.25, 0.3) is 11.5 Å². The molecule has 4 rings (SSSR count). The van der Waals surface area contributed by atoms with E-state index in [9.17, 15) is 9.59 Å². The summed E-state index contributed by atoms with van der Waals surface area (Å²) in [7, 11) is 0. The van der Waals surface area contributed by atoms with Gasteiger partial charge in [-0.05, 0) is 30.9 Å². The predicted octanol–water partition coefficient (Wildman–Crippen LogP) is 2.94. The zero-order chi connectivity index (χ0) is 16.7. The highest BCUT2D eigenvalue weighted by Gasteiger charge is 2.54. The Labute approximate surface area is 139 Å². The highest BCUT2D eigenvalue weighted by Crippen LogP contribution is 2.38. The fourth-order valence-electron chi connectivity index (χ4n) is 3.72. The number of nitrogens with zero attached hydrogens (tertiary/aromatic N) is 2. The Hall–Kier alpha value is -2.57. The molecular formula is C17H19N3O4. The molecule has 0 radical (unpaired) electrons. The zero-order valence-electron chi connectivity index (χ0n) is 13.4. The fraction of sp³-hybridized carbons (Fsp3) is 0.471. The van der Waals surface area contributed by atoms with Crippen LogP contribution in [0.4, 0.5) is 4.79 Å². The number of carbonyl (C=O) groups is 2. The molecule has 2 aliphatic rings. The molecule has 24 heavy (non-hydrogen) atoms. The van der Waals surface area contributed by atoms with Crippen LogP contribution < -0.4 is 5.32 Å². The van der Waals surface area contributed by atoms with Gasteiger partial charge in [0, 0.05) is 6.07 Å². The van der Waals surface area contributed by atoms with E-state index in [1.807, 2.05) is 6.92 Å². The summed E-state index contributed by atoms with van der Waals surface area (Å²) in [5.74, 6) is 1.03. The van der Waals surface area contributed by atoms with Crippen LogP contribution in [0.2, 0.25) is 0 Å². The average Bonchev–Trinajstić information content (AvgIpc) is 3.28. The van der Waals surface area contributed by atoms with Crippen LogP contribution in [0, 0.1) is 5.92 Å². The minimum atomic E-state index is -0.747. The quantitative estimate of drug-likeness (QED) is 0.875. The molecule has 0 aromatic carbocycles. The van der Waals surface area contributed by atoms with E-state index < -0.39 is 5.54 Å². The zero-order valence-corrected chi connectivity index (χ0v) is 13.4. The Morgan fingerprint density at radius 1 is 1.38 bits per heavy atom. The molecular weight excluding hydrogens is 310 g/mol. The van der Waals surface area contributed by atoms with E-state index in [0.717, 1.165) is 19.3 Å². The topological polar surface area (TPSA) is 88.6 Å². The summed E-state index contributed by atoms with van der Waals surface area (Å²) in [5, 5.41) is 6.88.